The maximum atomic E-state index is 12.8. The van der Waals surface area contributed by atoms with Crippen molar-refractivity contribution in [1.82, 2.24) is 9.96 Å². The molecule has 1 aromatic rings. The number of fused-ring (bicyclic) bond motifs is 2. The molecular formula is C14H17FN2O2. The van der Waals surface area contributed by atoms with Crippen LogP contribution in [0.4, 0.5) is 9.18 Å². The summed E-state index contributed by atoms with van der Waals surface area (Å²) in [5.41, 5.74) is 1.02. The summed E-state index contributed by atoms with van der Waals surface area (Å²) in [6, 6.07) is 9.33. The summed E-state index contributed by atoms with van der Waals surface area (Å²) in [7, 11) is 0. The quantitative estimate of drug-likeness (QED) is 0.836. The average Bonchev–Trinajstić information content (AvgIpc) is 2.71. The molecule has 0 saturated carbocycles. The molecule has 0 N–H and O–H groups in total. The lowest BCUT2D eigenvalue weighted by atomic mass is 10.0. The number of piperidine rings is 1. The van der Waals surface area contributed by atoms with Gasteiger partial charge in [-0.25, -0.2) is 9.18 Å². The van der Waals surface area contributed by atoms with Crippen molar-refractivity contribution >= 4 is 6.03 Å². The highest BCUT2D eigenvalue weighted by Gasteiger charge is 2.45. The zero-order chi connectivity index (χ0) is 13.2. The van der Waals surface area contributed by atoms with Crippen molar-refractivity contribution < 1.29 is 14.0 Å². The number of nitrogens with zero attached hydrogens (tertiary/aromatic N) is 2. The lowest BCUT2D eigenvalue weighted by Crippen LogP contribution is -2.41. The van der Waals surface area contributed by atoms with Crippen LogP contribution >= 0.6 is 0 Å². The summed E-state index contributed by atoms with van der Waals surface area (Å²) in [5.74, 6) is 0. The van der Waals surface area contributed by atoms with E-state index < -0.39 is 6.67 Å². The Hall–Kier alpha value is -1.62. The van der Waals surface area contributed by atoms with Crippen LogP contribution < -0.4 is 0 Å². The predicted octanol–water partition coefficient (Wildman–Crippen LogP) is 2.36. The van der Waals surface area contributed by atoms with Crippen molar-refractivity contribution in [3.8, 4) is 0 Å². The highest BCUT2D eigenvalue weighted by Crippen LogP contribution is 2.30. The van der Waals surface area contributed by atoms with Crippen LogP contribution in [-0.4, -0.2) is 41.3 Å². The molecule has 2 heterocycles. The number of carbonyl (C=O) groups excluding carboxylic acids is 1. The first-order chi connectivity index (χ1) is 9.29. The molecule has 1 unspecified atom stereocenters. The monoisotopic (exact) mass is 264 g/mol. The molecule has 0 radical (unpaired) electrons. The van der Waals surface area contributed by atoms with Gasteiger partial charge in [0.1, 0.15) is 13.3 Å². The van der Waals surface area contributed by atoms with Crippen LogP contribution in [0.1, 0.15) is 18.4 Å². The molecule has 2 atom stereocenters. The summed E-state index contributed by atoms with van der Waals surface area (Å²) in [5, 5.41) is 1.43. The number of hydrogen-bond acceptors (Lipinski definition) is 2. The molecule has 19 heavy (non-hydrogen) atoms. The van der Waals surface area contributed by atoms with Gasteiger partial charge in [-0.15, -0.1) is 0 Å². The number of alkyl halides is 1. The minimum absolute atomic E-state index is 0.0685. The largest absolute Gasteiger partial charge is 0.344 e. The summed E-state index contributed by atoms with van der Waals surface area (Å²) < 4.78 is 12.8. The van der Waals surface area contributed by atoms with Crippen molar-refractivity contribution in [3.63, 3.8) is 0 Å². The molecule has 2 aliphatic heterocycles. The van der Waals surface area contributed by atoms with E-state index in [2.05, 4.69) is 0 Å². The molecule has 4 nitrogen and oxygen atoms in total. The number of halogens is 1. The van der Waals surface area contributed by atoms with E-state index in [1.165, 1.54) is 5.06 Å². The van der Waals surface area contributed by atoms with E-state index in [-0.39, 0.29) is 18.1 Å². The van der Waals surface area contributed by atoms with E-state index in [4.69, 9.17) is 4.84 Å². The molecule has 2 aliphatic rings. The lowest BCUT2D eigenvalue weighted by molar-refractivity contribution is -0.140. The first kappa shape index (κ1) is 12.4. The topological polar surface area (TPSA) is 32.8 Å². The maximum Gasteiger partial charge on any atom is 0.344 e. The van der Waals surface area contributed by atoms with Crippen molar-refractivity contribution in [1.29, 1.82) is 0 Å². The molecule has 2 saturated heterocycles. The Morgan fingerprint density at radius 2 is 2.05 bits per heavy atom. The zero-order valence-electron chi connectivity index (χ0n) is 10.7. The Kier molecular flexibility index (Phi) is 3.38. The third-order valence-corrected chi connectivity index (χ3v) is 3.84. The summed E-state index contributed by atoms with van der Waals surface area (Å²) in [6.07, 6.45) is 1.53. The highest BCUT2D eigenvalue weighted by atomic mass is 19.1. The molecule has 5 heteroatoms. The second-order valence-corrected chi connectivity index (χ2v) is 5.06. The fourth-order valence-corrected chi connectivity index (χ4v) is 2.76. The summed E-state index contributed by atoms with van der Waals surface area (Å²) in [4.78, 5) is 19.4. The summed E-state index contributed by atoms with van der Waals surface area (Å²) in [6.45, 7) is 0.490. The molecule has 3 rings (SSSR count). The van der Waals surface area contributed by atoms with Crippen LogP contribution in [-0.2, 0) is 11.4 Å². The zero-order valence-corrected chi connectivity index (χ0v) is 10.7. The van der Waals surface area contributed by atoms with E-state index in [0.717, 1.165) is 18.4 Å². The van der Waals surface area contributed by atoms with Crippen molar-refractivity contribution in [3.05, 3.63) is 35.9 Å². The highest BCUT2D eigenvalue weighted by molar-refractivity contribution is 5.76. The van der Waals surface area contributed by atoms with Gasteiger partial charge in [0.2, 0.25) is 0 Å². The minimum Gasteiger partial charge on any atom is -0.315 e. The smallest absolute Gasteiger partial charge is 0.315 e. The molecule has 1 aromatic carbocycles. The fourth-order valence-electron chi connectivity index (χ4n) is 2.76. The van der Waals surface area contributed by atoms with Crippen LogP contribution in [0.2, 0.25) is 0 Å². The van der Waals surface area contributed by atoms with Crippen LogP contribution in [0.25, 0.3) is 0 Å². The van der Waals surface area contributed by atoms with Gasteiger partial charge in [0.05, 0.1) is 12.1 Å². The molecule has 0 aliphatic carbocycles. The van der Waals surface area contributed by atoms with Gasteiger partial charge in [-0.3, -0.25) is 4.84 Å². The van der Waals surface area contributed by atoms with E-state index in [1.807, 2.05) is 30.3 Å². The standard InChI is InChI=1S/C14H17FN2O2/c15-8-12-6-7-13-9-16(12)14(18)17(13)19-10-11-4-2-1-3-5-11/h1-5,12-13H,6-10H2/t12-,13?/m0/s1. The van der Waals surface area contributed by atoms with Crippen LogP contribution in [0, 0.1) is 0 Å². The van der Waals surface area contributed by atoms with Gasteiger partial charge < -0.3 is 4.90 Å². The third kappa shape index (κ3) is 2.30. The van der Waals surface area contributed by atoms with E-state index in [0.29, 0.717) is 13.2 Å². The van der Waals surface area contributed by atoms with Gasteiger partial charge in [0.25, 0.3) is 0 Å². The molecule has 2 fully saturated rings. The first-order valence-electron chi connectivity index (χ1n) is 6.62. The van der Waals surface area contributed by atoms with Gasteiger partial charge in [-0.1, -0.05) is 30.3 Å². The SMILES string of the molecule is O=C1N(OCc2ccccc2)C2CC[C@@H](CF)N1C2. The number of urea groups is 1. The Morgan fingerprint density at radius 3 is 2.79 bits per heavy atom. The van der Waals surface area contributed by atoms with Crippen molar-refractivity contribution in [2.45, 2.75) is 31.5 Å². The van der Waals surface area contributed by atoms with Gasteiger partial charge in [-0.2, -0.15) is 5.06 Å². The Bertz CT molecular complexity index is 454. The molecule has 2 bridgehead atoms. The van der Waals surface area contributed by atoms with E-state index >= 15 is 0 Å². The van der Waals surface area contributed by atoms with Crippen LogP contribution in [0.15, 0.2) is 30.3 Å². The number of hydroxylamine groups is 2. The second kappa shape index (κ2) is 5.17. The summed E-state index contributed by atoms with van der Waals surface area (Å²) >= 11 is 0. The first-order valence-corrected chi connectivity index (χ1v) is 6.62. The number of hydrogen-bond donors (Lipinski definition) is 0. The third-order valence-electron chi connectivity index (χ3n) is 3.84. The number of rotatable bonds is 4. The second-order valence-electron chi connectivity index (χ2n) is 5.06. The Balaban J connectivity index is 1.64. The van der Waals surface area contributed by atoms with Crippen molar-refractivity contribution in [2.75, 3.05) is 13.2 Å². The lowest BCUT2D eigenvalue weighted by Gasteiger charge is -2.27. The Morgan fingerprint density at radius 1 is 1.26 bits per heavy atom. The average molecular weight is 264 g/mol. The van der Waals surface area contributed by atoms with E-state index in [1.54, 1.807) is 4.90 Å². The number of benzene rings is 1. The minimum atomic E-state index is -0.467. The predicted molar refractivity (Wildman–Crippen MR) is 68.0 cm³/mol. The normalized spacial score (nSPS) is 26.1. The Labute approximate surface area is 111 Å². The maximum absolute atomic E-state index is 12.8. The molecule has 0 spiro atoms. The number of carbonyl (C=O) groups is 1. The molecule has 2 amide bonds. The van der Waals surface area contributed by atoms with Gasteiger partial charge in [-0.05, 0) is 18.4 Å². The van der Waals surface area contributed by atoms with Crippen LogP contribution in [0.3, 0.4) is 0 Å². The number of amides is 2. The van der Waals surface area contributed by atoms with Gasteiger partial charge in [0, 0.05) is 6.54 Å². The van der Waals surface area contributed by atoms with Gasteiger partial charge in [0.15, 0.2) is 0 Å². The van der Waals surface area contributed by atoms with Crippen LogP contribution in [0.5, 0.6) is 0 Å². The van der Waals surface area contributed by atoms with Crippen molar-refractivity contribution in [2.24, 2.45) is 0 Å². The molecular weight excluding hydrogens is 247 g/mol. The fraction of sp³-hybridized carbons (Fsp3) is 0.500. The van der Waals surface area contributed by atoms with Gasteiger partial charge >= 0.3 is 6.03 Å². The van der Waals surface area contributed by atoms with E-state index in [9.17, 15) is 9.18 Å². The molecule has 102 valence electrons. The molecule has 0 aromatic heterocycles.